The Morgan fingerprint density at radius 3 is 2.58 bits per heavy atom. The van der Waals surface area contributed by atoms with Crippen LogP contribution >= 0.6 is 8.25 Å². The van der Waals surface area contributed by atoms with E-state index >= 15 is 0 Å². The molecule has 3 N–H and O–H groups in total. The van der Waals surface area contributed by atoms with E-state index in [1.165, 1.54) is 0 Å². The highest BCUT2D eigenvalue weighted by molar-refractivity contribution is 7.32. The van der Waals surface area contributed by atoms with E-state index < -0.39 is 26.6 Å². The average molecular weight is 196 g/mol. The second-order valence-corrected chi connectivity index (χ2v) is 3.72. The number of rotatable bonds is 2. The van der Waals surface area contributed by atoms with E-state index in [1.807, 2.05) is 0 Å². The Morgan fingerprint density at radius 2 is 2.00 bits per heavy atom. The molecule has 0 aromatic carbocycles. The van der Waals surface area contributed by atoms with Crippen molar-refractivity contribution in [1.82, 2.24) is 0 Å². The molecule has 0 saturated heterocycles. The van der Waals surface area contributed by atoms with Crippen LogP contribution in [0, 0.1) is 0 Å². The summed E-state index contributed by atoms with van der Waals surface area (Å²) < 4.78 is 14.9. The minimum atomic E-state index is -3.01. The summed E-state index contributed by atoms with van der Waals surface area (Å²) in [6, 6.07) is 0. The molecule has 1 aliphatic rings. The highest BCUT2D eigenvalue weighted by Crippen LogP contribution is 2.28. The summed E-state index contributed by atoms with van der Waals surface area (Å²) in [7, 11) is -3.01. The Labute approximate surface area is 70.9 Å². The zero-order chi connectivity index (χ0) is 9.14. The molecular formula is C6H13O5P. The second-order valence-electron chi connectivity index (χ2n) is 2.96. The third-order valence-corrected chi connectivity index (χ3v) is 2.49. The molecule has 0 aromatic rings. The van der Waals surface area contributed by atoms with Gasteiger partial charge in [0.25, 0.3) is 0 Å². The van der Waals surface area contributed by atoms with Crippen molar-refractivity contribution in [3.63, 3.8) is 0 Å². The molecule has 1 aliphatic carbocycles. The lowest BCUT2D eigenvalue weighted by molar-refractivity contribution is -0.0375. The van der Waals surface area contributed by atoms with Crippen LogP contribution in [0.4, 0.5) is 0 Å². The Balaban J connectivity index is 2.43. The van der Waals surface area contributed by atoms with Gasteiger partial charge in [0.05, 0.1) is 18.3 Å². The van der Waals surface area contributed by atoms with E-state index in [9.17, 15) is 9.67 Å². The summed E-state index contributed by atoms with van der Waals surface area (Å²) in [4.78, 5) is 8.44. The van der Waals surface area contributed by atoms with Crippen molar-refractivity contribution >= 4 is 8.25 Å². The molecule has 0 radical (unpaired) electrons. The van der Waals surface area contributed by atoms with Crippen LogP contribution in [0.3, 0.4) is 0 Å². The lowest BCUT2D eigenvalue weighted by Gasteiger charge is -2.29. The normalized spacial score (nSPS) is 39.4. The van der Waals surface area contributed by atoms with Crippen molar-refractivity contribution in [3.05, 3.63) is 0 Å². The molecule has 1 saturated carbocycles. The molecule has 4 unspecified atom stereocenters. The van der Waals surface area contributed by atoms with Crippen LogP contribution in [-0.2, 0) is 9.09 Å². The molecule has 1 fully saturated rings. The molecule has 1 rings (SSSR count). The van der Waals surface area contributed by atoms with Gasteiger partial charge in [-0.25, -0.2) is 0 Å². The van der Waals surface area contributed by atoms with Crippen LogP contribution in [0.1, 0.15) is 19.3 Å². The van der Waals surface area contributed by atoms with Gasteiger partial charge < -0.3 is 19.6 Å². The Kier molecular flexibility index (Phi) is 3.68. The predicted molar refractivity (Wildman–Crippen MR) is 42.0 cm³/mol. The van der Waals surface area contributed by atoms with Crippen molar-refractivity contribution in [2.45, 2.75) is 37.6 Å². The highest BCUT2D eigenvalue weighted by atomic mass is 31.1. The van der Waals surface area contributed by atoms with Crippen molar-refractivity contribution < 1.29 is 24.2 Å². The van der Waals surface area contributed by atoms with Crippen molar-refractivity contribution in [2.24, 2.45) is 0 Å². The predicted octanol–water partition coefficient (Wildman–Crippen LogP) is -0.341. The van der Waals surface area contributed by atoms with Gasteiger partial charge in [-0.15, -0.1) is 0 Å². The quantitative estimate of drug-likeness (QED) is 0.526. The van der Waals surface area contributed by atoms with Gasteiger partial charge in [-0.2, -0.15) is 0 Å². The molecular weight excluding hydrogens is 183 g/mol. The van der Waals surface area contributed by atoms with Crippen LogP contribution in [-0.4, -0.2) is 33.4 Å². The van der Waals surface area contributed by atoms with E-state index in [0.717, 1.165) is 0 Å². The number of hydrogen-bond acceptors (Lipinski definition) is 4. The maximum atomic E-state index is 10.3. The van der Waals surface area contributed by atoms with Gasteiger partial charge in [0.2, 0.25) is 0 Å². The van der Waals surface area contributed by atoms with Gasteiger partial charge in [-0.3, -0.25) is 4.57 Å². The van der Waals surface area contributed by atoms with Gasteiger partial charge in [0, 0.05) is 6.42 Å². The Bertz CT molecular complexity index is 173. The fourth-order valence-electron chi connectivity index (χ4n) is 1.35. The largest absolute Gasteiger partial charge is 0.393 e. The summed E-state index contributed by atoms with van der Waals surface area (Å²) in [5.41, 5.74) is 0. The molecule has 0 heterocycles. The van der Waals surface area contributed by atoms with Crippen LogP contribution < -0.4 is 0 Å². The lowest BCUT2D eigenvalue weighted by Crippen LogP contribution is -2.36. The van der Waals surface area contributed by atoms with Crippen molar-refractivity contribution in [3.8, 4) is 0 Å². The zero-order valence-corrected chi connectivity index (χ0v) is 7.51. The smallest absolute Gasteiger partial charge is 0.316 e. The second kappa shape index (κ2) is 4.35. The van der Waals surface area contributed by atoms with Gasteiger partial charge >= 0.3 is 8.25 Å². The summed E-state index contributed by atoms with van der Waals surface area (Å²) in [5, 5.41) is 18.4. The topological polar surface area (TPSA) is 87.0 Å². The first kappa shape index (κ1) is 10.2. The first-order valence-electron chi connectivity index (χ1n) is 3.85. The van der Waals surface area contributed by atoms with E-state index in [2.05, 4.69) is 4.52 Å². The number of aliphatic hydroxyl groups is 2. The zero-order valence-electron chi connectivity index (χ0n) is 6.51. The third kappa shape index (κ3) is 2.84. The maximum absolute atomic E-state index is 10.3. The first-order chi connectivity index (χ1) is 5.59. The minimum absolute atomic E-state index is 0.234. The average Bonchev–Trinajstić information content (AvgIpc) is 1.96. The van der Waals surface area contributed by atoms with E-state index in [4.69, 9.17) is 10.00 Å². The molecule has 0 amide bonds. The molecule has 0 spiro atoms. The van der Waals surface area contributed by atoms with Crippen LogP contribution in [0.5, 0.6) is 0 Å². The summed E-state index contributed by atoms with van der Waals surface area (Å²) in [6.45, 7) is 0. The standard InChI is InChI=1S/C6H13O5P/c7-4-1-2-5(8)6(3-4)11-12(9)10/h4-8,12H,1-3H2,(H,9,10). The summed E-state index contributed by atoms with van der Waals surface area (Å²) >= 11 is 0. The van der Waals surface area contributed by atoms with Crippen molar-refractivity contribution in [1.29, 1.82) is 0 Å². The molecule has 72 valence electrons. The summed E-state index contributed by atoms with van der Waals surface area (Å²) in [5.74, 6) is 0. The van der Waals surface area contributed by atoms with Gasteiger partial charge in [0.1, 0.15) is 0 Å². The fourth-order valence-corrected chi connectivity index (χ4v) is 1.86. The van der Waals surface area contributed by atoms with E-state index in [0.29, 0.717) is 12.8 Å². The van der Waals surface area contributed by atoms with Crippen LogP contribution in [0.25, 0.3) is 0 Å². The Hall–Kier alpha value is 0.0700. The molecule has 5 nitrogen and oxygen atoms in total. The first-order valence-corrected chi connectivity index (χ1v) is 5.11. The molecule has 6 heteroatoms. The number of hydrogen-bond donors (Lipinski definition) is 3. The molecule has 4 atom stereocenters. The van der Waals surface area contributed by atoms with Gasteiger partial charge in [-0.05, 0) is 12.8 Å². The van der Waals surface area contributed by atoms with Gasteiger partial charge in [-0.1, -0.05) is 0 Å². The molecule has 0 aromatic heterocycles. The molecule has 12 heavy (non-hydrogen) atoms. The SMILES string of the molecule is O=[PH](O)OC1CC(O)CCC1O. The minimum Gasteiger partial charge on any atom is -0.393 e. The molecule has 0 bridgehead atoms. The fraction of sp³-hybridized carbons (Fsp3) is 1.00. The lowest BCUT2D eigenvalue weighted by atomic mass is 9.93. The van der Waals surface area contributed by atoms with Crippen LogP contribution in [0.2, 0.25) is 0 Å². The summed E-state index contributed by atoms with van der Waals surface area (Å²) in [6.07, 6.45) is -0.772. The van der Waals surface area contributed by atoms with Gasteiger partial charge in [0.15, 0.2) is 0 Å². The highest BCUT2D eigenvalue weighted by Gasteiger charge is 2.29. The number of aliphatic hydroxyl groups excluding tert-OH is 2. The maximum Gasteiger partial charge on any atom is 0.316 e. The Morgan fingerprint density at radius 1 is 1.33 bits per heavy atom. The van der Waals surface area contributed by atoms with Crippen molar-refractivity contribution in [2.75, 3.05) is 0 Å². The third-order valence-electron chi connectivity index (χ3n) is 1.98. The van der Waals surface area contributed by atoms with E-state index in [1.54, 1.807) is 0 Å². The van der Waals surface area contributed by atoms with E-state index in [-0.39, 0.29) is 6.42 Å². The molecule has 0 aliphatic heterocycles. The van der Waals surface area contributed by atoms with Crippen LogP contribution in [0.15, 0.2) is 0 Å². The monoisotopic (exact) mass is 196 g/mol.